The predicted octanol–water partition coefficient (Wildman–Crippen LogP) is 1.86. The lowest BCUT2D eigenvalue weighted by atomic mass is 10.2. The van der Waals surface area contributed by atoms with Gasteiger partial charge < -0.3 is 5.11 Å². The van der Waals surface area contributed by atoms with Crippen LogP contribution in [0.5, 0.6) is 0 Å². The molecule has 0 fully saturated rings. The molecule has 0 aromatic carbocycles. The summed E-state index contributed by atoms with van der Waals surface area (Å²) in [5, 5.41) is 12.7. The average molecular weight is 243 g/mol. The number of hydrogen-bond donors (Lipinski definition) is 1. The third-order valence-electron chi connectivity index (χ3n) is 2.11. The van der Waals surface area contributed by atoms with Crippen molar-refractivity contribution in [2.45, 2.75) is 12.3 Å². The fourth-order valence-corrected chi connectivity index (χ4v) is 1.28. The van der Waals surface area contributed by atoms with E-state index >= 15 is 0 Å². The SMILES string of the molecule is OC(c1cnn(-c2ccccn2)c1)C(F)(F)F. The minimum atomic E-state index is -4.70. The molecule has 2 aromatic rings. The van der Waals surface area contributed by atoms with Crippen LogP contribution in [0.1, 0.15) is 11.7 Å². The third-order valence-corrected chi connectivity index (χ3v) is 2.11. The molecule has 1 unspecified atom stereocenters. The van der Waals surface area contributed by atoms with E-state index in [1.165, 1.54) is 10.9 Å². The lowest BCUT2D eigenvalue weighted by Crippen LogP contribution is -2.19. The summed E-state index contributed by atoms with van der Waals surface area (Å²) in [4.78, 5) is 3.92. The Balaban J connectivity index is 2.28. The second kappa shape index (κ2) is 4.17. The maximum Gasteiger partial charge on any atom is 0.418 e. The van der Waals surface area contributed by atoms with Crippen molar-refractivity contribution in [3.05, 3.63) is 42.4 Å². The fraction of sp³-hybridized carbons (Fsp3) is 0.200. The van der Waals surface area contributed by atoms with E-state index in [9.17, 15) is 13.2 Å². The van der Waals surface area contributed by atoms with Crippen molar-refractivity contribution in [3.63, 3.8) is 0 Å². The number of alkyl halides is 3. The lowest BCUT2D eigenvalue weighted by molar-refractivity contribution is -0.206. The molecular weight excluding hydrogens is 235 g/mol. The van der Waals surface area contributed by atoms with Gasteiger partial charge in [0, 0.05) is 18.0 Å². The Labute approximate surface area is 94.3 Å². The molecule has 0 aliphatic heterocycles. The molecule has 2 heterocycles. The van der Waals surface area contributed by atoms with Gasteiger partial charge in [-0.05, 0) is 12.1 Å². The van der Waals surface area contributed by atoms with E-state index in [4.69, 9.17) is 5.11 Å². The average Bonchev–Trinajstić information content (AvgIpc) is 2.77. The topological polar surface area (TPSA) is 50.9 Å². The zero-order chi connectivity index (χ0) is 12.5. The molecule has 90 valence electrons. The van der Waals surface area contributed by atoms with Crippen molar-refractivity contribution in [1.29, 1.82) is 0 Å². The van der Waals surface area contributed by atoms with Gasteiger partial charge in [-0.1, -0.05) is 6.07 Å². The summed E-state index contributed by atoms with van der Waals surface area (Å²) in [5.74, 6) is 0.383. The fourth-order valence-electron chi connectivity index (χ4n) is 1.28. The van der Waals surface area contributed by atoms with Crippen LogP contribution in [-0.2, 0) is 0 Å². The summed E-state index contributed by atoms with van der Waals surface area (Å²) >= 11 is 0. The quantitative estimate of drug-likeness (QED) is 0.875. The van der Waals surface area contributed by atoms with E-state index in [0.29, 0.717) is 5.82 Å². The summed E-state index contributed by atoms with van der Waals surface area (Å²) in [7, 11) is 0. The number of halogens is 3. The van der Waals surface area contributed by atoms with Crippen LogP contribution in [-0.4, -0.2) is 26.0 Å². The van der Waals surface area contributed by atoms with Gasteiger partial charge in [0.1, 0.15) is 0 Å². The third kappa shape index (κ3) is 2.44. The summed E-state index contributed by atoms with van der Waals surface area (Å²) < 4.78 is 37.9. The normalized spacial score (nSPS) is 13.6. The Morgan fingerprint density at radius 2 is 2.06 bits per heavy atom. The van der Waals surface area contributed by atoms with E-state index in [-0.39, 0.29) is 5.56 Å². The van der Waals surface area contributed by atoms with E-state index < -0.39 is 12.3 Å². The Morgan fingerprint density at radius 1 is 1.29 bits per heavy atom. The van der Waals surface area contributed by atoms with Crippen LogP contribution in [0.2, 0.25) is 0 Å². The van der Waals surface area contributed by atoms with Crippen molar-refractivity contribution in [2.24, 2.45) is 0 Å². The molecule has 17 heavy (non-hydrogen) atoms. The number of aromatic nitrogens is 3. The van der Waals surface area contributed by atoms with Crippen LogP contribution in [0, 0.1) is 0 Å². The summed E-state index contributed by atoms with van der Waals surface area (Å²) in [6, 6.07) is 4.96. The first-order valence-electron chi connectivity index (χ1n) is 4.69. The number of hydrogen-bond acceptors (Lipinski definition) is 3. The van der Waals surface area contributed by atoms with Crippen LogP contribution in [0.4, 0.5) is 13.2 Å². The molecule has 2 rings (SSSR count). The largest absolute Gasteiger partial charge is 0.418 e. The molecule has 0 bridgehead atoms. The number of aliphatic hydroxyl groups excluding tert-OH is 1. The molecule has 4 nitrogen and oxygen atoms in total. The smallest absolute Gasteiger partial charge is 0.379 e. The van der Waals surface area contributed by atoms with Crippen molar-refractivity contribution in [3.8, 4) is 5.82 Å². The van der Waals surface area contributed by atoms with Gasteiger partial charge in [0.25, 0.3) is 0 Å². The van der Waals surface area contributed by atoms with Gasteiger partial charge in [-0.3, -0.25) is 0 Å². The Morgan fingerprint density at radius 3 is 2.65 bits per heavy atom. The summed E-state index contributed by atoms with van der Waals surface area (Å²) in [6.07, 6.45) is -3.66. The highest BCUT2D eigenvalue weighted by molar-refractivity contribution is 5.23. The van der Waals surface area contributed by atoms with E-state index in [1.54, 1.807) is 18.2 Å². The van der Waals surface area contributed by atoms with Crippen LogP contribution in [0.15, 0.2) is 36.8 Å². The van der Waals surface area contributed by atoms with Gasteiger partial charge in [0.05, 0.1) is 6.20 Å². The lowest BCUT2D eigenvalue weighted by Gasteiger charge is -2.11. The van der Waals surface area contributed by atoms with Gasteiger partial charge in [-0.25, -0.2) is 9.67 Å². The van der Waals surface area contributed by atoms with Crippen LogP contribution < -0.4 is 0 Å². The monoisotopic (exact) mass is 243 g/mol. The molecule has 2 aromatic heterocycles. The molecule has 1 atom stereocenters. The number of rotatable bonds is 2. The highest BCUT2D eigenvalue weighted by Crippen LogP contribution is 2.32. The van der Waals surface area contributed by atoms with E-state index in [0.717, 1.165) is 12.4 Å². The molecule has 1 N–H and O–H groups in total. The van der Waals surface area contributed by atoms with Gasteiger partial charge in [-0.15, -0.1) is 0 Å². The van der Waals surface area contributed by atoms with Crippen molar-refractivity contribution in [2.75, 3.05) is 0 Å². The Hall–Kier alpha value is -1.89. The number of pyridine rings is 1. The zero-order valence-corrected chi connectivity index (χ0v) is 8.46. The standard InChI is InChI=1S/C10H8F3N3O/c11-10(12,13)9(17)7-5-15-16(6-7)8-3-1-2-4-14-8/h1-6,9,17H. The first kappa shape index (κ1) is 11.6. The van der Waals surface area contributed by atoms with E-state index in [1.807, 2.05) is 0 Å². The van der Waals surface area contributed by atoms with Crippen LogP contribution in [0.3, 0.4) is 0 Å². The molecule has 0 spiro atoms. The molecule has 0 aliphatic rings. The first-order valence-corrected chi connectivity index (χ1v) is 4.69. The van der Waals surface area contributed by atoms with Gasteiger partial charge >= 0.3 is 6.18 Å². The predicted molar refractivity (Wildman–Crippen MR) is 52.4 cm³/mol. The summed E-state index contributed by atoms with van der Waals surface area (Å²) in [6.45, 7) is 0. The van der Waals surface area contributed by atoms with Crippen molar-refractivity contribution < 1.29 is 18.3 Å². The molecule has 0 saturated carbocycles. The zero-order valence-electron chi connectivity index (χ0n) is 8.46. The van der Waals surface area contributed by atoms with Crippen LogP contribution >= 0.6 is 0 Å². The highest BCUT2D eigenvalue weighted by Gasteiger charge is 2.40. The van der Waals surface area contributed by atoms with Gasteiger partial charge in [-0.2, -0.15) is 18.3 Å². The second-order valence-corrected chi connectivity index (χ2v) is 3.35. The van der Waals surface area contributed by atoms with Crippen molar-refractivity contribution in [1.82, 2.24) is 14.8 Å². The molecular formula is C10H8F3N3O. The molecule has 0 amide bonds. The second-order valence-electron chi connectivity index (χ2n) is 3.35. The first-order chi connectivity index (χ1) is 7.98. The Kier molecular flexibility index (Phi) is 2.84. The van der Waals surface area contributed by atoms with E-state index in [2.05, 4.69) is 10.1 Å². The number of nitrogens with zero attached hydrogens (tertiary/aromatic N) is 3. The number of aliphatic hydroxyl groups is 1. The summed E-state index contributed by atoms with van der Waals surface area (Å²) in [5.41, 5.74) is -0.317. The van der Waals surface area contributed by atoms with Gasteiger partial charge in [0.2, 0.25) is 0 Å². The molecule has 0 radical (unpaired) electrons. The minimum absolute atomic E-state index is 0.317. The molecule has 0 aliphatic carbocycles. The van der Waals surface area contributed by atoms with Crippen molar-refractivity contribution >= 4 is 0 Å². The molecule has 0 saturated heterocycles. The highest BCUT2D eigenvalue weighted by atomic mass is 19.4. The Bertz CT molecular complexity index is 495. The minimum Gasteiger partial charge on any atom is -0.379 e. The van der Waals surface area contributed by atoms with Crippen LogP contribution in [0.25, 0.3) is 5.82 Å². The van der Waals surface area contributed by atoms with Gasteiger partial charge in [0.15, 0.2) is 11.9 Å². The molecule has 7 heteroatoms. The maximum absolute atomic E-state index is 12.2. The maximum atomic E-state index is 12.2.